The summed E-state index contributed by atoms with van der Waals surface area (Å²) in [5, 5.41) is 4.04. The van der Waals surface area contributed by atoms with Gasteiger partial charge >= 0.3 is 0 Å². The fourth-order valence-corrected chi connectivity index (χ4v) is 3.26. The zero-order valence-electron chi connectivity index (χ0n) is 14.4. The van der Waals surface area contributed by atoms with Crippen LogP contribution in [0, 0.1) is 33.5 Å². The average Bonchev–Trinajstić information content (AvgIpc) is 3.10. The van der Waals surface area contributed by atoms with Crippen LogP contribution >= 0.6 is 0 Å². The molecule has 0 bridgehead atoms. The fraction of sp³-hybridized carbons (Fsp3) is 0.250. The van der Waals surface area contributed by atoms with Crippen molar-refractivity contribution in [1.82, 2.24) is 20.1 Å². The summed E-state index contributed by atoms with van der Waals surface area (Å²) in [5.41, 5.74) is 6.49. The van der Waals surface area contributed by atoms with Crippen molar-refractivity contribution >= 4 is 11.0 Å². The van der Waals surface area contributed by atoms with Crippen molar-refractivity contribution in [3.8, 4) is 22.3 Å². The highest BCUT2D eigenvalue weighted by molar-refractivity contribution is 5.97. The third-order valence-corrected chi connectivity index (χ3v) is 4.47. The van der Waals surface area contributed by atoms with Crippen molar-refractivity contribution < 1.29 is 8.91 Å². The van der Waals surface area contributed by atoms with Crippen LogP contribution in [-0.4, -0.2) is 20.1 Å². The minimum atomic E-state index is -0.333. The van der Waals surface area contributed by atoms with Crippen LogP contribution in [0.25, 0.3) is 33.3 Å². The number of aromatic amines is 1. The normalized spacial score (nSPS) is 11.0. The Bertz CT molecular complexity index is 1090. The minimum absolute atomic E-state index is 0. The van der Waals surface area contributed by atoms with Crippen molar-refractivity contribution in [3.63, 3.8) is 0 Å². The van der Waals surface area contributed by atoms with Gasteiger partial charge in [0.1, 0.15) is 17.4 Å². The molecule has 0 fully saturated rings. The number of hydrogen-bond acceptors (Lipinski definition) is 4. The van der Waals surface area contributed by atoms with Gasteiger partial charge < -0.3 is 9.51 Å². The Labute approximate surface area is 151 Å². The average molecular weight is 352 g/mol. The molecule has 134 valence electrons. The molecule has 0 amide bonds. The van der Waals surface area contributed by atoms with E-state index in [4.69, 9.17) is 4.52 Å². The van der Waals surface area contributed by atoms with Gasteiger partial charge in [-0.25, -0.2) is 9.37 Å². The van der Waals surface area contributed by atoms with Crippen molar-refractivity contribution in [2.24, 2.45) is 0 Å². The number of halogens is 1. The quantitative estimate of drug-likeness (QED) is 0.532. The molecule has 4 rings (SSSR count). The largest absolute Gasteiger partial charge is 0.361 e. The van der Waals surface area contributed by atoms with Crippen LogP contribution in [0.5, 0.6) is 0 Å². The van der Waals surface area contributed by atoms with Gasteiger partial charge in [0.15, 0.2) is 0 Å². The molecule has 0 atom stereocenters. The molecule has 26 heavy (non-hydrogen) atoms. The molecule has 1 aromatic carbocycles. The molecule has 0 unspecified atom stereocenters. The lowest BCUT2D eigenvalue weighted by molar-refractivity contribution is 0.393. The smallest absolute Gasteiger partial charge is 0.145 e. The highest BCUT2D eigenvalue weighted by Crippen LogP contribution is 2.36. The monoisotopic (exact) mass is 352 g/mol. The number of nitrogens with one attached hydrogen (secondary N) is 1. The third kappa shape index (κ3) is 2.67. The maximum absolute atomic E-state index is 14.1. The number of nitrogens with zero attached hydrogens (tertiary/aromatic N) is 3. The van der Waals surface area contributed by atoms with Crippen molar-refractivity contribution in [1.29, 1.82) is 0 Å². The van der Waals surface area contributed by atoms with Crippen LogP contribution in [0.15, 0.2) is 29.0 Å². The number of hydrogen-bond donors (Lipinski definition) is 1. The van der Waals surface area contributed by atoms with Crippen LogP contribution in [-0.2, 0) is 0 Å². The van der Waals surface area contributed by atoms with Gasteiger partial charge in [0, 0.05) is 22.9 Å². The second-order valence-corrected chi connectivity index (χ2v) is 6.24. The Kier molecular flexibility index (Phi) is 4.36. The summed E-state index contributed by atoms with van der Waals surface area (Å²) in [5.74, 6) is 1.21. The van der Waals surface area contributed by atoms with E-state index < -0.39 is 0 Å². The van der Waals surface area contributed by atoms with Crippen LogP contribution in [0.2, 0.25) is 0 Å². The summed E-state index contributed by atoms with van der Waals surface area (Å²) < 4.78 is 19.4. The number of fused-ring (bicyclic) bond motifs is 1. The number of aromatic nitrogens is 4. The molecule has 0 radical (unpaired) electrons. The van der Waals surface area contributed by atoms with Crippen molar-refractivity contribution in [2.45, 2.75) is 35.1 Å². The van der Waals surface area contributed by atoms with E-state index in [1.165, 1.54) is 6.20 Å². The van der Waals surface area contributed by atoms with Gasteiger partial charge in [-0.1, -0.05) is 12.6 Å². The highest BCUT2D eigenvalue weighted by Gasteiger charge is 2.18. The number of H-pyrrole nitrogens is 1. The fourth-order valence-electron chi connectivity index (χ4n) is 3.26. The van der Waals surface area contributed by atoms with Gasteiger partial charge in [-0.3, -0.25) is 4.98 Å². The Balaban J connectivity index is 0.00000196. The summed E-state index contributed by atoms with van der Waals surface area (Å²) in [6.45, 7) is 7.44. The Hall–Kier alpha value is -3.02. The number of imidazole rings is 1. The SMILES string of the molecule is C.Cc1nc2c(-c3cncc(F)c3C)cc(-c3c(C)noc3C)cc2[nH]1. The molecular weight excluding hydrogens is 331 g/mol. The number of rotatable bonds is 2. The summed E-state index contributed by atoms with van der Waals surface area (Å²) in [6.07, 6.45) is 2.90. The summed E-state index contributed by atoms with van der Waals surface area (Å²) in [4.78, 5) is 11.9. The molecule has 3 aromatic heterocycles. The lowest BCUT2D eigenvalue weighted by Gasteiger charge is -2.10. The van der Waals surface area contributed by atoms with Gasteiger partial charge in [-0.05, 0) is 51.0 Å². The van der Waals surface area contributed by atoms with Gasteiger partial charge in [0.2, 0.25) is 0 Å². The first-order chi connectivity index (χ1) is 12.0. The molecule has 0 saturated carbocycles. The first kappa shape index (κ1) is 17.8. The molecule has 0 aliphatic heterocycles. The highest BCUT2D eigenvalue weighted by atomic mass is 19.1. The molecule has 0 aliphatic carbocycles. The van der Waals surface area contributed by atoms with Gasteiger partial charge in [-0.2, -0.15) is 0 Å². The lowest BCUT2D eigenvalue weighted by atomic mass is 9.95. The first-order valence-electron chi connectivity index (χ1n) is 7.99. The number of aryl methyl sites for hydroxylation is 3. The Morgan fingerprint density at radius 3 is 2.50 bits per heavy atom. The van der Waals surface area contributed by atoms with E-state index in [-0.39, 0.29) is 13.2 Å². The minimum Gasteiger partial charge on any atom is -0.361 e. The number of pyridine rings is 1. The molecule has 3 heterocycles. The van der Waals surface area contributed by atoms with Gasteiger partial charge in [0.05, 0.1) is 22.9 Å². The van der Waals surface area contributed by atoms with Crippen LogP contribution in [0.1, 0.15) is 30.3 Å². The van der Waals surface area contributed by atoms with E-state index in [2.05, 4.69) is 20.1 Å². The summed E-state index contributed by atoms with van der Waals surface area (Å²) in [7, 11) is 0. The Morgan fingerprint density at radius 1 is 1.04 bits per heavy atom. The lowest BCUT2D eigenvalue weighted by Crippen LogP contribution is -1.93. The zero-order chi connectivity index (χ0) is 17.7. The second-order valence-electron chi connectivity index (χ2n) is 6.24. The maximum Gasteiger partial charge on any atom is 0.145 e. The van der Waals surface area contributed by atoms with E-state index in [0.717, 1.165) is 50.6 Å². The van der Waals surface area contributed by atoms with E-state index in [1.54, 1.807) is 13.1 Å². The van der Waals surface area contributed by atoms with E-state index in [0.29, 0.717) is 5.56 Å². The molecule has 6 heteroatoms. The molecule has 0 aliphatic rings. The molecule has 5 nitrogen and oxygen atoms in total. The summed E-state index contributed by atoms with van der Waals surface area (Å²) >= 11 is 0. The Morgan fingerprint density at radius 2 is 1.81 bits per heavy atom. The maximum atomic E-state index is 14.1. The van der Waals surface area contributed by atoms with Crippen LogP contribution in [0.3, 0.4) is 0 Å². The molecule has 4 aromatic rings. The number of benzene rings is 1. The van der Waals surface area contributed by atoms with Crippen LogP contribution < -0.4 is 0 Å². The molecule has 1 N–H and O–H groups in total. The van der Waals surface area contributed by atoms with E-state index in [1.807, 2.05) is 32.9 Å². The van der Waals surface area contributed by atoms with Gasteiger partial charge in [0.25, 0.3) is 0 Å². The van der Waals surface area contributed by atoms with Gasteiger partial charge in [-0.15, -0.1) is 0 Å². The standard InChI is InChI=1S/C19H17FN4O.CH4/c1-9-15(7-21-8-16(9)20)14-5-13(18-10(2)24-25-11(18)3)6-17-19(14)23-12(4)22-17;/h5-8H,1-4H3,(H,22,23);1H4. The zero-order valence-corrected chi connectivity index (χ0v) is 14.4. The molecular formula is C20H21FN4O. The van der Waals surface area contributed by atoms with E-state index in [9.17, 15) is 4.39 Å². The van der Waals surface area contributed by atoms with Crippen molar-refractivity contribution in [2.75, 3.05) is 0 Å². The molecule has 0 saturated heterocycles. The summed E-state index contributed by atoms with van der Waals surface area (Å²) in [6, 6.07) is 4.02. The predicted molar refractivity (Wildman–Crippen MR) is 100 cm³/mol. The topological polar surface area (TPSA) is 67.6 Å². The van der Waals surface area contributed by atoms with Crippen molar-refractivity contribution in [3.05, 3.63) is 53.2 Å². The molecule has 0 spiro atoms. The first-order valence-corrected chi connectivity index (χ1v) is 7.99. The predicted octanol–water partition coefficient (Wildman–Crippen LogP) is 5.29. The van der Waals surface area contributed by atoms with E-state index >= 15 is 0 Å². The van der Waals surface area contributed by atoms with Crippen LogP contribution in [0.4, 0.5) is 4.39 Å². The second kappa shape index (κ2) is 6.37. The third-order valence-electron chi connectivity index (χ3n) is 4.47.